The summed E-state index contributed by atoms with van der Waals surface area (Å²) in [5.74, 6) is 2.30. The van der Waals surface area contributed by atoms with Crippen LogP contribution in [0.1, 0.15) is 51.8 Å². The fraction of sp³-hybridized carbons (Fsp3) is 0.923. The Morgan fingerprint density at radius 2 is 2.28 bits per heavy atom. The fourth-order valence-electron chi connectivity index (χ4n) is 3.26. The number of aryl methyl sites for hydroxylation is 1. The summed E-state index contributed by atoms with van der Waals surface area (Å²) >= 11 is 0. The molecule has 1 aliphatic rings. The Labute approximate surface area is 109 Å². The second kappa shape index (κ2) is 5.34. The summed E-state index contributed by atoms with van der Waals surface area (Å²) < 4.78 is 0. The molecule has 0 radical (unpaired) electrons. The van der Waals surface area contributed by atoms with Gasteiger partial charge in [0, 0.05) is 12.0 Å². The molecule has 2 rings (SSSR count). The van der Waals surface area contributed by atoms with E-state index in [0.717, 1.165) is 36.9 Å². The summed E-state index contributed by atoms with van der Waals surface area (Å²) in [6.45, 7) is 4.58. The Bertz CT molecular complexity index is 386. The average Bonchev–Trinajstić information content (AvgIpc) is 2.62. The van der Waals surface area contributed by atoms with Gasteiger partial charge in [0.2, 0.25) is 0 Å². The van der Waals surface area contributed by atoms with E-state index in [0.29, 0.717) is 0 Å². The van der Waals surface area contributed by atoms with E-state index in [-0.39, 0.29) is 5.54 Å². The molecule has 0 aliphatic heterocycles. The van der Waals surface area contributed by atoms with Crippen LogP contribution in [0.15, 0.2) is 0 Å². The van der Waals surface area contributed by atoms with E-state index in [1.54, 1.807) is 7.05 Å². The molecule has 1 heterocycles. The minimum atomic E-state index is -0.124. The molecule has 18 heavy (non-hydrogen) atoms. The molecule has 1 aromatic heterocycles. The minimum absolute atomic E-state index is 0.124. The Balaban J connectivity index is 1.97. The molecular formula is C13H25N5. The van der Waals surface area contributed by atoms with Crippen molar-refractivity contribution in [2.45, 2.75) is 57.9 Å². The molecule has 2 N–H and O–H groups in total. The van der Waals surface area contributed by atoms with Crippen molar-refractivity contribution in [3.63, 3.8) is 0 Å². The van der Waals surface area contributed by atoms with Crippen molar-refractivity contribution in [2.24, 2.45) is 24.6 Å². The molecule has 0 aromatic carbocycles. The number of nitrogens with zero attached hydrogens (tertiary/aromatic N) is 4. The van der Waals surface area contributed by atoms with Crippen molar-refractivity contribution >= 4 is 0 Å². The third kappa shape index (κ3) is 3.51. The molecule has 0 amide bonds. The summed E-state index contributed by atoms with van der Waals surface area (Å²) in [5, 5.41) is 12.2. The molecule has 102 valence electrons. The van der Waals surface area contributed by atoms with Gasteiger partial charge >= 0.3 is 0 Å². The predicted octanol–water partition coefficient (Wildman–Crippen LogP) is 1.69. The van der Waals surface area contributed by atoms with Crippen LogP contribution in [0.2, 0.25) is 0 Å². The van der Waals surface area contributed by atoms with Gasteiger partial charge in [0.1, 0.15) is 0 Å². The smallest absolute Gasteiger partial charge is 0.176 e. The molecule has 0 spiro atoms. The zero-order valence-corrected chi connectivity index (χ0v) is 11.8. The van der Waals surface area contributed by atoms with Crippen molar-refractivity contribution in [3.8, 4) is 0 Å². The van der Waals surface area contributed by atoms with Gasteiger partial charge < -0.3 is 5.73 Å². The van der Waals surface area contributed by atoms with Crippen LogP contribution in [0.4, 0.5) is 0 Å². The van der Waals surface area contributed by atoms with Gasteiger partial charge in [-0.2, -0.15) is 4.80 Å². The van der Waals surface area contributed by atoms with E-state index in [2.05, 4.69) is 29.3 Å². The third-order valence-electron chi connectivity index (χ3n) is 3.85. The van der Waals surface area contributed by atoms with E-state index in [1.165, 1.54) is 24.1 Å². The lowest BCUT2D eigenvalue weighted by Gasteiger charge is -2.38. The number of hydrogen-bond donors (Lipinski definition) is 1. The van der Waals surface area contributed by atoms with Crippen molar-refractivity contribution in [2.75, 3.05) is 0 Å². The number of rotatable bonds is 4. The lowest BCUT2D eigenvalue weighted by atomic mass is 9.72. The highest BCUT2D eigenvalue weighted by Crippen LogP contribution is 2.35. The van der Waals surface area contributed by atoms with Crippen LogP contribution in [0, 0.1) is 11.8 Å². The minimum Gasteiger partial charge on any atom is -0.325 e. The molecule has 1 aromatic rings. The maximum Gasteiger partial charge on any atom is 0.176 e. The first kappa shape index (κ1) is 13.5. The highest BCUT2D eigenvalue weighted by Gasteiger charge is 2.34. The number of hydrogen-bond acceptors (Lipinski definition) is 4. The Kier molecular flexibility index (Phi) is 4.00. The standard InChI is InChI=1S/C13H25N5/c1-10(2)7-11-5-4-6-13(14,8-11)9-12-15-17-18(3)16-12/h10-11H,4-9,14H2,1-3H3. The largest absolute Gasteiger partial charge is 0.325 e. The van der Waals surface area contributed by atoms with Crippen LogP contribution in [-0.2, 0) is 13.5 Å². The Morgan fingerprint density at radius 3 is 2.89 bits per heavy atom. The average molecular weight is 251 g/mol. The van der Waals surface area contributed by atoms with Gasteiger partial charge in [-0.15, -0.1) is 10.2 Å². The summed E-state index contributed by atoms with van der Waals surface area (Å²) in [7, 11) is 1.79. The van der Waals surface area contributed by atoms with Crippen LogP contribution >= 0.6 is 0 Å². The molecule has 1 fully saturated rings. The van der Waals surface area contributed by atoms with Crippen LogP contribution in [0.3, 0.4) is 0 Å². The van der Waals surface area contributed by atoms with Gasteiger partial charge in [0.15, 0.2) is 5.82 Å². The lowest BCUT2D eigenvalue weighted by molar-refractivity contribution is 0.198. The van der Waals surface area contributed by atoms with Crippen LogP contribution in [0.5, 0.6) is 0 Å². The molecule has 1 saturated carbocycles. The van der Waals surface area contributed by atoms with Gasteiger partial charge in [-0.25, -0.2) is 0 Å². The second-order valence-corrected chi connectivity index (χ2v) is 6.33. The SMILES string of the molecule is CC(C)CC1CCCC(N)(Cc2nnn(C)n2)C1. The van der Waals surface area contributed by atoms with E-state index in [4.69, 9.17) is 5.73 Å². The summed E-state index contributed by atoms with van der Waals surface area (Å²) in [4.78, 5) is 1.51. The van der Waals surface area contributed by atoms with Crippen molar-refractivity contribution in [1.82, 2.24) is 20.2 Å². The highest BCUT2D eigenvalue weighted by molar-refractivity contribution is 4.98. The van der Waals surface area contributed by atoms with Gasteiger partial charge in [0.25, 0.3) is 0 Å². The molecule has 0 bridgehead atoms. The Morgan fingerprint density at radius 1 is 1.50 bits per heavy atom. The second-order valence-electron chi connectivity index (χ2n) is 6.33. The molecule has 5 nitrogen and oxygen atoms in total. The molecule has 0 saturated heterocycles. The van der Waals surface area contributed by atoms with Gasteiger partial charge in [-0.3, -0.25) is 0 Å². The summed E-state index contributed by atoms with van der Waals surface area (Å²) in [6.07, 6.45) is 6.78. The number of aromatic nitrogens is 4. The Hall–Kier alpha value is -0.970. The first-order valence-electron chi connectivity index (χ1n) is 6.99. The normalized spacial score (nSPS) is 28.8. The summed E-state index contributed by atoms with van der Waals surface area (Å²) in [6, 6.07) is 0. The zero-order valence-electron chi connectivity index (χ0n) is 11.8. The van der Waals surface area contributed by atoms with Gasteiger partial charge in [-0.05, 0) is 36.3 Å². The van der Waals surface area contributed by atoms with Crippen molar-refractivity contribution in [1.29, 1.82) is 0 Å². The quantitative estimate of drug-likeness (QED) is 0.884. The maximum atomic E-state index is 6.55. The zero-order chi connectivity index (χ0) is 13.2. The molecule has 2 atom stereocenters. The van der Waals surface area contributed by atoms with Crippen LogP contribution in [-0.4, -0.2) is 25.7 Å². The maximum absolute atomic E-state index is 6.55. The third-order valence-corrected chi connectivity index (χ3v) is 3.85. The molecular weight excluding hydrogens is 226 g/mol. The van der Waals surface area contributed by atoms with Crippen LogP contribution in [0.25, 0.3) is 0 Å². The lowest BCUT2D eigenvalue weighted by Crippen LogP contribution is -2.46. The van der Waals surface area contributed by atoms with E-state index >= 15 is 0 Å². The van der Waals surface area contributed by atoms with E-state index in [9.17, 15) is 0 Å². The monoisotopic (exact) mass is 251 g/mol. The molecule has 2 unspecified atom stereocenters. The number of nitrogens with two attached hydrogens (primary N) is 1. The van der Waals surface area contributed by atoms with Crippen LogP contribution < -0.4 is 5.73 Å². The van der Waals surface area contributed by atoms with E-state index in [1.807, 2.05) is 0 Å². The predicted molar refractivity (Wildman–Crippen MR) is 70.8 cm³/mol. The van der Waals surface area contributed by atoms with Gasteiger partial charge in [0.05, 0.1) is 7.05 Å². The highest BCUT2D eigenvalue weighted by atomic mass is 15.6. The topological polar surface area (TPSA) is 69.6 Å². The number of tetrazole rings is 1. The fourth-order valence-corrected chi connectivity index (χ4v) is 3.26. The first-order chi connectivity index (χ1) is 8.47. The van der Waals surface area contributed by atoms with Crippen molar-refractivity contribution < 1.29 is 0 Å². The van der Waals surface area contributed by atoms with Crippen molar-refractivity contribution in [3.05, 3.63) is 5.82 Å². The molecule has 1 aliphatic carbocycles. The first-order valence-corrected chi connectivity index (χ1v) is 6.99. The van der Waals surface area contributed by atoms with E-state index < -0.39 is 0 Å². The van der Waals surface area contributed by atoms with Gasteiger partial charge in [-0.1, -0.05) is 26.7 Å². The summed E-state index contributed by atoms with van der Waals surface area (Å²) in [5.41, 5.74) is 6.43. The molecule has 5 heteroatoms.